The van der Waals surface area contributed by atoms with Gasteiger partial charge in [0.05, 0.1) is 0 Å². The highest BCUT2D eigenvalue weighted by Gasteiger charge is 2.21. The zero-order valence-corrected chi connectivity index (χ0v) is 15.9. The van der Waals surface area contributed by atoms with E-state index >= 15 is 0 Å². The molecule has 3 rings (SSSR count). The van der Waals surface area contributed by atoms with Crippen LogP contribution < -0.4 is 4.74 Å². The summed E-state index contributed by atoms with van der Waals surface area (Å²) >= 11 is 0. The molecular formula is C24H31FO. The predicted molar refractivity (Wildman–Crippen MR) is 107 cm³/mol. The van der Waals surface area contributed by atoms with Crippen molar-refractivity contribution in [2.45, 2.75) is 64.2 Å². The van der Waals surface area contributed by atoms with E-state index in [0.717, 1.165) is 17.4 Å². The Bertz CT molecular complexity index is 639. The van der Waals surface area contributed by atoms with Crippen LogP contribution in [0.15, 0.2) is 48.5 Å². The lowest BCUT2D eigenvalue weighted by Gasteiger charge is -2.29. The SMILES string of the molecule is CCCCCC1CCC(c2ccc(-c3ccc(OCF)cc3)cc2)CC1. The van der Waals surface area contributed by atoms with Crippen LogP contribution in [0.3, 0.4) is 0 Å². The quantitative estimate of drug-likeness (QED) is 0.446. The van der Waals surface area contributed by atoms with Gasteiger partial charge in [-0.1, -0.05) is 69.0 Å². The van der Waals surface area contributed by atoms with Gasteiger partial charge in [-0.2, -0.15) is 0 Å². The van der Waals surface area contributed by atoms with Crippen LogP contribution in [-0.4, -0.2) is 6.86 Å². The minimum absolute atomic E-state index is 0.573. The average molecular weight is 355 g/mol. The van der Waals surface area contributed by atoms with E-state index in [1.54, 1.807) is 0 Å². The van der Waals surface area contributed by atoms with Crippen LogP contribution in [0.1, 0.15) is 69.8 Å². The van der Waals surface area contributed by atoms with Gasteiger partial charge in [0.15, 0.2) is 0 Å². The van der Waals surface area contributed by atoms with E-state index in [4.69, 9.17) is 4.74 Å². The van der Waals surface area contributed by atoms with Crippen LogP contribution in [0.5, 0.6) is 5.75 Å². The molecule has 0 amide bonds. The first kappa shape index (κ1) is 18.9. The van der Waals surface area contributed by atoms with Crippen LogP contribution in [0.4, 0.5) is 4.39 Å². The van der Waals surface area contributed by atoms with Crippen LogP contribution in [0.25, 0.3) is 11.1 Å². The predicted octanol–water partition coefficient (Wildman–Crippen LogP) is 7.51. The second kappa shape index (κ2) is 9.75. The van der Waals surface area contributed by atoms with E-state index < -0.39 is 6.86 Å². The summed E-state index contributed by atoms with van der Waals surface area (Å²) in [6, 6.07) is 16.6. The molecule has 0 aliphatic heterocycles. The zero-order valence-electron chi connectivity index (χ0n) is 15.9. The molecule has 2 heteroatoms. The molecule has 140 valence electrons. The van der Waals surface area contributed by atoms with Crippen molar-refractivity contribution in [2.24, 2.45) is 5.92 Å². The Kier molecular flexibility index (Phi) is 7.11. The van der Waals surface area contributed by atoms with Crippen molar-refractivity contribution in [3.05, 3.63) is 54.1 Å². The maximum atomic E-state index is 12.2. The van der Waals surface area contributed by atoms with Gasteiger partial charge in [-0.15, -0.1) is 0 Å². The maximum absolute atomic E-state index is 12.2. The molecule has 0 N–H and O–H groups in total. The Balaban J connectivity index is 1.55. The normalized spacial score (nSPS) is 20.1. The monoisotopic (exact) mass is 354 g/mol. The second-order valence-corrected chi connectivity index (χ2v) is 7.61. The van der Waals surface area contributed by atoms with Crippen LogP contribution in [0.2, 0.25) is 0 Å². The molecule has 2 aromatic rings. The highest BCUT2D eigenvalue weighted by Crippen LogP contribution is 2.38. The fraction of sp³-hybridized carbons (Fsp3) is 0.500. The third kappa shape index (κ3) is 5.09. The van der Waals surface area contributed by atoms with Crippen LogP contribution in [0, 0.1) is 5.92 Å². The molecule has 2 aromatic carbocycles. The van der Waals surface area contributed by atoms with Gasteiger partial charge in [-0.05, 0) is 66.3 Å². The molecule has 0 aromatic heterocycles. The summed E-state index contributed by atoms with van der Waals surface area (Å²) in [7, 11) is 0. The fourth-order valence-corrected chi connectivity index (χ4v) is 4.22. The minimum Gasteiger partial charge on any atom is -0.463 e. The fourth-order valence-electron chi connectivity index (χ4n) is 4.22. The number of hydrogen-bond acceptors (Lipinski definition) is 1. The minimum atomic E-state index is -0.783. The highest BCUT2D eigenvalue weighted by molar-refractivity contribution is 5.64. The van der Waals surface area contributed by atoms with Gasteiger partial charge in [0.25, 0.3) is 0 Å². The average Bonchev–Trinajstić information content (AvgIpc) is 2.70. The lowest BCUT2D eigenvalue weighted by atomic mass is 9.77. The van der Waals surface area contributed by atoms with Crippen molar-refractivity contribution in [1.82, 2.24) is 0 Å². The zero-order chi connectivity index (χ0) is 18.2. The largest absolute Gasteiger partial charge is 0.463 e. The number of benzene rings is 2. The molecule has 0 unspecified atom stereocenters. The summed E-state index contributed by atoms with van der Waals surface area (Å²) < 4.78 is 17.1. The van der Waals surface area contributed by atoms with Gasteiger partial charge in [-0.25, -0.2) is 4.39 Å². The molecule has 1 saturated carbocycles. The van der Waals surface area contributed by atoms with Crippen LogP contribution in [-0.2, 0) is 0 Å². The van der Waals surface area contributed by atoms with Gasteiger partial charge in [-0.3, -0.25) is 0 Å². The lowest BCUT2D eigenvalue weighted by Crippen LogP contribution is -2.13. The third-order valence-electron chi connectivity index (χ3n) is 5.85. The molecule has 0 spiro atoms. The van der Waals surface area contributed by atoms with E-state index in [0.29, 0.717) is 5.75 Å². The number of halogens is 1. The summed E-state index contributed by atoms with van der Waals surface area (Å²) in [5, 5.41) is 0. The van der Waals surface area contributed by atoms with Crippen molar-refractivity contribution in [1.29, 1.82) is 0 Å². The topological polar surface area (TPSA) is 9.23 Å². The van der Waals surface area contributed by atoms with Gasteiger partial charge in [0.1, 0.15) is 5.75 Å². The second-order valence-electron chi connectivity index (χ2n) is 7.61. The number of rotatable bonds is 8. The van der Waals surface area contributed by atoms with Crippen molar-refractivity contribution in [3.8, 4) is 16.9 Å². The van der Waals surface area contributed by atoms with Crippen molar-refractivity contribution in [2.75, 3.05) is 6.86 Å². The van der Waals surface area contributed by atoms with E-state index in [1.807, 2.05) is 24.3 Å². The Hall–Kier alpha value is -1.83. The first-order valence-corrected chi connectivity index (χ1v) is 10.2. The Morgan fingerprint density at radius 3 is 2.04 bits per heavy atom. The van der Waals surface area contributed by atoms with Crippen molar-refractivity contribution in [3.63, 3.8) is 0 Å². The molecular weight excluding hydrogens is 323 g/mol. The van der Waals surface area contributed by atoms with E-state index in [2.05, 4.69) is 31.2 Å². The van der Waals surface area contributed by atoms with E-state index in [-0.39, 0.29) is 0 Å². The number of alkyl halides is 1. The number of ether oxygens (including phenoxy) is 1. The molecule has 0 bridgehead atoms. The van der Waals surface area contributed by atoms with Crippen molar-refractivity contribution >= 4 is 0 Å². The Labute approximate surface area is 157 Å². The number of hydrogen-bond donors (Lipinski definition) is 0. The Morgan fingerprint density at radius 2 is 1.46 bits per heavy atom. The highest BCUT2D eigenvalue weighted by atomic mass is 19.1. The summed E-state index contributed by atoms with van der Waals surface area (Å²) in [6.07, 6.45) is 11.0. The molecule has 1 aliphatic rings. The standard InChI is InChI=1S/C24H31FO/c1-2-3-4-5-19-6-8-20(9-7-19)21-10-12-22(13-11-21)23-14-16-24(17-15-23)26-18-25/h10-17,19-20H,2-9,18H2,1H3. The van der Waals surface area contributed by atoms with Crippen molar-refractivity contribution < 1.29 is 9.13 Å². The summed E-state index contributed by atoms with van der Waals surface area (Å²) in [5.74, 6) is 2.26. The third-order valence-corrected chi connectivity index (χ3v) is 5.85. The molecule has 1 aliphatic carbocycles. The first-order valence-electron chi connectivity index (χ1n) is 10.2. The molecule has 1 nitrogen and oxygen atoms in total. The summed E-state index contributed by atoms with van der Waals surface area (Å²) in [6.45, 7) is 1.50. The first-order chi connectivity index (χ1) is 12.8. The number of unbranched alkanes of at least 4 members (excludes halogenated alkanes) is 2. The van der Waals surface area contributed by atoms with E-state index in [9.17, 15) is 4.39 Å². The molecule has 0 saturated heterocycles. The van der Waals surface area contributed by atoms with Gasteiger partial charge in [0.2, 0.25) is 6.86 Å². The Morgan fingerprint density at radius 1 is 0.846 bits per heavy atom. The van der Waals surface area contributed by atoms with Crippen LogP contribution >= 0.6 is 0 Å². The van der Waals surface area contributed by atoms with E-state index in [1.165, 1.54) is 62.5 Å². The van der Waals surface area contributed by atoms with Gasteiger partial charge >= 0.3 is 0 Å². The molecule has 0 atom stereocenters. The summed E-state index contributed by atoms with van der Waals surface area (Å²) in [4.78, 5) is 0. The lowest BCUT2D eigenvalue weighted by molar-refractivity contribution is 0.192. The molecule has 1 fully saturated rings. The smallest absolute Gasteiger partial charge is 0.228 e. The van der Waals surface area contributed by atoms with Gasteiger partial charge < -0.3 is 4.74 Å². The molecule has 0 radical (unpaired) electrons. The molecule has 26 heavy (non-hydrogen) atoms. The molecule has 0 heterocycles. The van der Waals surface area contributed by atoms with Gasteiger partial charge in [0, 0.05) is 0 Å². The maximum Gasteiger partial charge on any atom is 0.228 e. The summed E-state index contributed by atoms with van der Waals surface area (Å²) in [5.41, 5.74) is 3.83.